The molecule has 0 bridgehead atoms. The van der Waals surface area contributed by atoms with E-state index in [0.29, 0.717) is 28.5 Å². The van der Waals surface area contributed by atoms with Gasteiger partial charge >= 0.3 is 0 Å². The number of hydrogen-bond donors (Lipinski definition) is 0. The predicted molar refractivity (Wildman–Crippen MR) is 131 cm³/mol. The van der Waals surface area contributed by atoms with Crippen molar-refractivity contribution in [3.05, 3.63) is 69.1 Å². The molecule has 0 aliphatic heterocycles. The highest BCUT2D eigenvalue weighted by Crippen LogP contribution is 2.35. The van der Waals surface area contributed by atoms with E-state index in [1.165, 1.54) is 23.1 Å². The SMILES string of the molecule is CCN(Cc1ccccc1)C(=O)C(C)Sc1nc2scc(-c3cccs3)c2c(=O)n1C. The second kappa shape index (κ2) is 9.38. The molecule has 160 valence electrons. The van der Waals surface area contributed by atoms with Gasteiger partial charge in [0.2, 0.25) is 5.91 Å². The van der Waals surface area contributed by atoms with Gasteiger partial charge in [0, 0.05) is 36.0 Å². The largest absolute Gasteiger partial charge is 0.338 e. The Balaban J connectivity index is 1.58. The Hall–Kier alpha value is -2.42. The van der Waals surface area contributed by atoms with Crippen LogP contribution in [0.15, 0.2) is 63.2 Å². The summed E-state index contributed by atoms with van der Waals surface area (Å²) in [6.45, 7) is 5.05. The van der Waals surface area contributed by atoms with Crippen molar-refractivity contribution in [2.45, 2.75) is 30.8 Å². The Morgan fingerprint density at radius 1 is 1.19 bits per heavy atom. The van der Waals surface area contributed by atoms with Crippen molar-refractivity contribution < 1.29 is 4.79 Å². The number of thioether (sulfide) groups is 1. The molecule has 0 saturated heterocycles. The molecule has 0 radical (unpaired) electrons. The number of carbonyl (C=O) groups excluding carboxylic acids is 1. The van der Waals surface area contributed by atoms with Crippen molar-refractivity contribution in [3.63, 3.8) is 0 Å². The number of thiophene rings is 2. The first-order valence-electron chi connectivity index (χ1n) is 10.0. The molecule has 0 saturated carbocycles. The average molecular weight is 470 g/mol. The first kappa shape index (κ1) is 21.8. The molecule has 3 aromatic heterocycles. The van der Waals surface area contributed by atoms with E-state index in [-0.39, 0.29) is 16.7 Å². The third-order valence-corrected chi connectivity index (χ3v) is 8.01. The van der Waals surface area contributed by atoms with Gasteiger partial charge in [-0.15, -0.1) is 22.7 Å². The van der Waals surface area contributed by atoms with Gasteiger partial charge in [0.25, 0.3) is 5.56 Å². The second-order valence-electron chi connectivity index (χ2n) is 7.16. The number of carbonyl (C=O) groups is 1. The monoisotopic (exact) mass is 469 g/mol. The summed E-state index contributed by atoms with van der Waals surface area (Å²) in [5.74, 6) is 0.0381. The molecule has 4 rings (SSSR count). The molecule has 0 aliphatic carbocycles. The van der Waals surface area contributed by atoms with E-state index in [4.69, 9.17) is 4.98 Å². The predicted octanol–water partition coefficient (Wildman–Crippen LogP) is 5.25. The van der Waals surface area contributed by atoms with Crippen molar-refractivity contribution in [2.24, 2.45) is 7.05 Å². The summed E-state index contributed by atoms with van der Waals surface area (Å²) in [6.07, 6.45) is 0. The Morgan fingerprint density at radius 2 is 1.97 bits per heavy atom. The summed E-state index contributed by atoms with van der Waals surface area (Å²) in [7, 11) is 1.73. The van der Waals surface area contributed by atoms with Crippen LogP contribution in [0.4, 0.5) is 0 Å². The molecule has 0 fully saturated rings. The fourth-order valence-electron chi connectivity index (χ4n) is 3.39. The molecule has 0 aliphatic rings. The Kier molecular flexibility index (Phi) is 6.60. The fraction of sp³-hybridized carbons (Fsp3) is 0.261. The first-order chi connectivity index (χ1) is 15.0. The summed E-state index contributed by atoms with van der Waals surface area (Å²) < 4.78 is 1.56. The lowest BCUT2D eigenvalue weighted by Gasteiger charge is -2.24. The van der Waals surface area contributed by atoms with Crippen molar-refractivity contribution in [1.82, 2.24) is 14.5 Å². The van der Waals surface area contributed by atoms with Crippen LogP contribution in [-0.4, -0.2) is 32.2 Å². The van der Waals surface area contributed by atoms with Crippen molar-refractivity contribution in [1.29, 1.82) is 0 Å². The summed E-state index contributed by atoms with van der Waals surface area (Å²) in [5.41, 5.74) is 1.96. The molecular formula is C23H23N3O2S3. The van der Waals surface area contributed by atoms with E-state index in [1.54, 1.807) is 23.0 Å². The van der Waals surface area contributed by atoms with Crippen LogP contribution in [0.1, 0.15) is 19.4 Å². The lowest BCUT2D eigenvalue weighted by atomic mass is 10.2. The number of amides is 1. The van der Waals surface area contributed by atoms with E-state index in [2.05, 4.69) is 0 Å². The molecule has 1 aromatic carbocycles. The quantitative estimate of drug-likeness (QED) is 0.274. The highest BCUT2D eigenvalue weighted by Gasteiger charge is 2.24. The maximum atomic E-state index is 13.1. The Morgan fingerprint density at radius 3 is 2.65 bits per heavy atom. The van der Waals surface area contributed by atoms with Gasteiger partial charge < -0.3 is 4.90 Å². The minimum absolute atomic E-state index is 0.0381. The maximum absolute atomic E-state index is 13.1. The Bertz CT molecular complexity index is 1250. The number of benzene rings is 1. The number of fused-ring (bicyclic) bond motifs is 1. The topological polar surface area (TPSA) is 55.2 Å². The zero-order valence-corrected chi connectivity index (χ0v) is 20.0. The third kappa shape index (κ3) is 4.46. The summed E-state index contributed by atoms with van der Waals surface area (Å²) in [4.78, 5) is 34.6. The van der Waals surface area contributed by atoms with Gasteiger partial charge in [-0.3, -0.25) is 14.2 Å². The van der Waals surface area contributed by atoms with Crippen LogP contribution in [0.5, 0.6) is 0 Å². The standard InChI is InChI=1S/C23H23N3O2S3/c1-4-26(13-16-9-6-5-7-10-16)21(27)15(2)31-23-24-20-19(22(28)25(23)3)17(14-30-20)18-11-8-12-29-18/h5-12,14-15H,4,13H2,1-3H3. The highest BCUT2D eigenvalue weighted by molar-refractivity contribution is 8.00. The maximum Gasteiger partial charge on any atom is 0.263 e. The average Bonchev–Trinajstić information content (AvgIpc) is 3.45. The number of hydrogen-bond acceptors (Lipinski definition) is 6. The lowest BCUT2D eigenvalue weighted by Crippen LogP contribution is -2.36. The molecule has 1 amide bonds. The van der Waals surface area contributed by atoms with E-state index in [0.717, 1.165) is 16.0 Å². The molecule has 1 atom stereocenters. The van der Waals surface area contributed by atoms with Crippen LogP contribution in [0.2, 0.25) is 0 Å². The van der Waals surface area contributed by atoms with Gasteiger partial charge in [0.15, 0.2) is 5.16 Å². The summed E-state index contributed by atoms with van der Waals surface area (Å²) in [5, 5.41) is 4.86. The molecular weight excluding hydrogens is 446 g/mol. The number of rotatable bonds is 7. The third-order valence-electron chi connectivity index (χ3n) is 5.10. The smallest absolute Gasteiger partial charge is 0.263 e. The minimum atomic E-state index is -0.351. The van der Waals surface area contributed by atoms with Crippen molar-refractivity contribution in [2.75, 3.05) is 6.54 Å². The van der Waals surface area contributed by atoms with Crippen LogP contribution < -0.4 is 5.56 Å². The van der Waals surface area contributed by atoms with Crippen LogP contribution in [0, 0.1) is 0 Å². The van der Waals surface area contributed by atoms with Gasteiger partial charge in [-0.2, -0.15) is 0 Å². The van der Waals surface area contributed by atoms with E-state index in [1.807, 2.05) is 72.0 Å². The van der Waals surface area contributed by atoms with E-state index >= 15 is 0 Å². The molecule has 1 unspecified atom stereocenters. The van der Waals surface area contributed by atoms with Crippen LogP contribution in [-0.2, 0) is 18.4 Å². The first-order valence-corrected chi connectivity index (χ1v) is 12.6. The highest BCUT2D eigenvalue weighted by atomic mass is 32.2. The van der Waals surface area contributed by atoms with Crippen molar-refractivity contribution >= 4 is 50.6 Å². The zero-order chi connectivity index (χ0) is 22.0. The van der Waals surface area contributed by atoms with Gasteiger partial charge in [-0.1, -0.05) is 48.2 Å². The van der Waals surface area contributed by atoms with Gasteiger partial charge in [0.05, 0.1) is 10.6 Å². The lowest BCUT2D eigenvalue weighted by molar-refractivity contribution is -0.130. The minimum Gasteiger partial charge on any atom is -0.338 e. The number of aromatic nitrogens is 2. The molecule has 8 heteroatoms. The van der Waals surface area contributed by atoms with E-state index < -0.39 is 0 Å². The molecule has 4 aromatic rings. The number of nitrogens with zero attached hydrogens (tertiary/aromatic N) is 3. The molecule has 0 spiro atoms. The molecule has 3 heterocycles. The molecule has 31 heavy (non-hydrogen) atoms. The van der Waals surface area contributed by atoms with Crippen LogP contribution in [0.3, 0.4) is 0 Å². The van der Waals surface area contributed by atoms with Gasteiger partial charge in [-0.25, -0.2) is 4.98 Å². The summed E-state index contributed by atoms with van der Waals surface area (Å²) in [6, 6.07) is 14.0. The fourth-order valence-corrected chi connectivity index (χ4v) is 6.15. The molecule has 5 nitrogen and oxygen atoms in total. The normalized spacial score (nSPS) is 12.2. The van der Waals surface area contributed by atoms with Crippen LogP contribution >= 0.6 is 34.4 Å². The van der Waals surface area contributed by atoms with Gasteiger partial charge in [0.1, 0.15) is 4.83 Å². The zero-order valence-electron chi connectivity index (χ0n) is 17.6. The van der Waals surface area contributed by atoms with E-state index in [9.17, 15) is 9.59 Å². The van der Waals surface area contributed by atoms with Crippen LogP contribution in [0.25, 0.3) is 20.7 Å². The second-order valence-corrected chi connectivity index (χ2v) is 10.3. The summed E-state index contributed by atoms with van der Waals surface area (Å²) >= 11 is 4.42. The Labute approximate surface area is 193 Å². The molecule has 0 N–H and O–H groups in total. The van der Waals surface area contributed by atoms with Crippen molar-refractivity contribution in [3.8, 4) is 10.4 Å². The van der Waals surface area contributed by atoms with Gasteiger partial charge in [-0.05, 0) is 30.9 Å².